The van der Waals surface area contributed by atoms with E-state index in [1.807, 2.05) is 30.6 Å². The van der Waals surface area contributed by atoms with Crippen LogP contribution in [0.3, 0.4) is 0 Å². The number of nitrogens with two attached hydrogens (primary N) is 1. The van der Waals surface area contributed by atoms with Crippen LogP contribution in [0.2, 0.25) is 0 Å². The monoisotopic (exact) mass is 241 g/mol. The molecule has 17 heavy (non-hydrogen) atoms. The highest BCUT2D eigenvalue weighted by Crippen LogP contribution is 2.10. The fourth-order valence-corrected chi connectivity index (χ4v) is 2.02. The first-order chi connectivity index (χ1) is 7.91. The van der Waals surface area contributed by atoms with Crippen LogP contribution >= 0.6 is 0 Å². The Balaban J connectivity index is 2.40. The van der Waals surface area contributed by atoms with Crippen molar-refractivity contribution in [3.63, 3.8) is 0 Å². The van der Waals surface area contributed by atoms with Crippen LogP contribution in [0.25, 0.3) is 0 Å². The summed E-state index contributed by atoms with van der Waals surface area (Å²) >= 11 is 0. The van der Waals surface area contributed by atoms with Gasteiger partial charge in [0.1, 0.15) is 0 Å². The van der Waals surface area contributed by atoms with Crippen molar-refractivity contribution in [2.45, 2.75) is 33.2 Å². The van der Waals surface area contributed by atoms with E-state index in [4.69, 9.17) is 5.73 Å². The molecule has 1 atom stereocenters. The zero-order valence-corrected chi connectivity index (χ0v) is 11.0. The zero-order chi connectivity index (χ0) is 13.0. The first-order valence-electron chi connectivity index (χ1n) is 6.23. The second-order valence-electron chi connectivity index (χ2n) is 5.09. The Hall–Kier alpha value is -1.10. The number of hydrogen-bond donors (Lipinski definition) is 1. The van der Waals surface area contributed by atoms with Crippen molar-refractivity contribution in [2.75, 3.05) is 26.2 Å². The molecule has 5 nitrogen and oxygen atoms in total. The van der Waals surface area contributed by atoms with E-state index in [1.165, 1.54) is 0 Å². The Bertz CT molecular complexity index is 283. The van der Waals surface area contributed by atoms with Crippen molar-refractivity contribution in [3.8, 4) is 0 Å². The molecular formula is C12H23N3O2. The van der Waals surface area contributed by atoms with E-state index < -0.39 is 0 Å². The van der Waals surface area contributed by atoms with E-state index in [2.05, 4.69) is 0 Å². The summed E-state index contributed by atoms with van der Waals surface area (Å²) in [6.07, 6.45) is 0.603. The average molecular weight is 241 g/mol. The lowest BCUT2D eigenvalue weighted by Crippen LogP contribution is -2.54. The van der Waals surface area contributed by atoms with Gasteiger partial charge in [0.05, 0.1) is 6.04 Å². The van der Waals surface area contributed by atoms with Crippen molar-refractivity contribution in [1.29, 1.82) is 0 Å². The van der Waals surface area contributed by atoms with Gasteiger partial charge in [-0.1, -0.05) is 13.8 Å². The number of hydrogen-bond acceptors (Lipinski definition) is 3. The quantitative estimate of drug-likeness (QED) is 0.756. The van der Waals surface area contributed by atoms with Gasteiger partial charge in [0.15, 0.2) is 0 Å². The van der Waals surface area contributed by atoms with Gasteiger partial charge in [-0.15, -0.1) is 0 Å². The maximum Gasteiger partial charge on any atom is 0.234 e. The second-order valence-corrected chi connectivity index (χ2v) is 5.09. The molecule has 1 saturated heterocycles. The van der Waals surface area contributed by atoms with E-state index in [0.29, 0.717) is 25.4 Å². The first kappa shape index (κ1) is 14.0. The van der Waals surface area contributed by atoms with Crippen LogP contribution in [0.5, 0.6) is 0 Å². The molecule has 0 bridgehead atoms. The Morgan fingerprint density at radius 1 is 1.12 bits per heavy atom. The molecule has 2 amide bonds. The highest BCUT2D eigenvalue weighted by atomic mass is 16.2. The van der Waals surface area contributed by atoms with Gasteiger partial charge >= 0.3 is 0 Å². The first-order valence-corrected chi connectivity index (χ1v) is 6.23. The van der Waals surface area contributed by atoms with Crippen LogP contribution in [-0.4, -0.2) is 53.8 Å². The van der Waals surface area contributed by atoms with Gasteiger partial charge in [-0.25, -0.2) is 0 Å². The summed E-state index contributed by atoms with van der Waals surface area (Å²) in [5.41, 5.74) is 5.27. The van der Waals surface area contributed by atoms with Crippen molar-refractivity contribution < 1.29 is 9.59 Å². The molecule has 0 saturated carbocycles. The number of primary amides is 1. The van der Waals surface area contributed by atoms with Crippen molar-refractivity contribution >= 4 is 11.8 Å². The molecule has 1 aliphatic heterocycles. The summed E-state index contributed by atoms with van der Waals surface area (Å²) in [4.78, 5) is 26.8. The summed E-state index contributed by atoms with van der Waals surface area (Å²) in [5.74, 6) is 0.309. The second kappa shape index (κ2) is 6.00. The van der Waals surface area contributed by atoms with E-state index in [-0.39, 0.29) is 17.9 Å². The van der Waals surface area contributed by atoms with Crippen molar-refractivity contribution in [3.05, 3.63) is 0 Å². The molecule has 1 rings (SSSR count). The predicted octanol–water partition coefficient (Wildman–Crippen LogP) is 0.0505. The summed E-state index contributed by atoms with van der Waals surface area (Å²) in [6.45, 7) is 8.76. The number of piperazine rings is 1. The van der Waals surface area contributed by atoms with Crippen molar-refractivity contribution in [2.24, 2.45) is 11.7 Å². The zero-order valence-electron chi connectivity index (χ0n) is 11.0. The van der Waals surface area contributed by atoms with Crippen LogP contribution in [0, 0.1) is 5.92 Å². The largest absolute Gasteiger partial charge is 0.368 e. The standard InChI is InChI=1S/C12H23N3O2/c1-9(2)8-11(16)15-6-4-14(5-7-15)10(3)12(13)17/h9-10H,4-8H2,1-3H3,(H2,13,17). The Labute approximate surface area is 103 Å². The number of carbonyl (C=O) groups is 2. The molecule has 1 unspecified atom stereocenters. The molecule has 0 aliphatic carbocycles. The van der Waals surface area contributed by atoms with Gasteiger partial charge < -0.3 is 10.6 Å². The third-order valence-corrected chi connectivity index (χ3v) is 3.21. The highest BCUT2D eigenvalue weighted by molar-refractivity contribution is 5.79. The van der Waals surface area contributed by atoms with Crippen LogP contribution in [0.15, 0.2) is 0 Å². The average Bonchev–Trinajstić information content (AvgIpc) is 2.27. The SMILES string of the molecule is CC(C)CC(=O)N1CCN(C(C)C(N)=O)CC1. The van der Waals surface area contributed by atoms with E-state index in [1.54, 1.807) is 0 Å². The molecule has 0 radical (unpaired) electrons. The minimum absolute atomic E-state index is 0.214. The summed E-state index contributed by atoms with van der Waals surface area (Å²) in [5, 5.41) is 0. The fourth-order valence-electron chi connectivity index (χ4n) is 2.02. The molecule has 0 aromatic rings. The van der Waals surface area contributed by atoms with Crippen LogP contribution in [-0.2, 0) is 9.59 Å². The molecule has 0 aromatic carbocycles. The highest BCUT2D eigenvalue weighted by Gasteiger charge is 2.26. The van der Waals surface area contributed by atoms with Crippen LogP contribution < -0.4 is 5.73 Å². The smallest absolute Gasteiger partial charge is 0.234 e. The fraction of sp³-hybridized carbons (Fsp3) is 0.833. The molecule has 0 aromatic heterocycles. The lowest BCUT2D eigenvalue weighted by Gasteiger charge is -2.37. The molecule has 2 N–H and O–H groups in total. The maximum absolute atomic E-state index is 11.8. The Morgan fingerprint density at radius 3 is 2.06 bits per heavy atom. The number of rotatable bonds is 4. The van der Waals surface area contributed by atoms with E-state index in [0.717, 1.165) is 13.1 Å². The summed E-state index contributed by atoms with van der Waals surface area (Å²) in [7, 11) is 0. The molecule has 1 aliphatic rings. The normalized spacial score (nSPS) is 19.4. The van der Waals surface area contributed by atoms with Crippen molar-refractivity contribution in [1.82, 2.24) is 9.80 Å². The van der Waals surface area contributed by atoms with Gasteiger partial charge in [0.25, 0.3) is 0 Å². The number of amides is 2. The minimum Gasteiger partial charge on any atom is -0.368 e. The van der Waals surface area contributed by atoms with Gasteiger partial charge in [0, 0.05) is 32.6 Å². The Kier molecular flexibility index (Phi) is 4.93. The summed E-state index contributed by atoms with van der Waals surface area (Å²) in [6, 6.07) is -0.239. The van der Waals surface area contributed by atoms with Crippen LogP contribution in [0.4, 0.5) is 0 Å². The molecule has 1 heterocycles. The van der Waals surface area contributed by atoms with E-state index >= 15 is 0 Å². The molecular weight excluding hydrogens is 218 g/mol. The van der Waals surface area contributed by atoms with Crippen LogP contribution in [0.1, 0.15) is 27.2 Å². The molecule has 1 fully saturated rings. The van der Waals surface area contributed by atoms with Gasteiger partial charge in [-0.3, -0.25) is 14.5 Å². The third-order valence-electron chi connectivity index (χ3n) is 3.21. The topological polar surface area (TPSA) is 66.6 Å². The lowest BCUT2D eigenvalue weighted by molar-refractivity contribution is -0.134. The predicted molar refractivity (Wildman–Crippen MR) is 66.3 cm³/mol. The van der Waals surface area contributed by atoms with Gasteiger partial charge in [0.2, 0.25) is 11.8 Å². The Morgan fingerprint density at radius 2 is 1.65 bits per heavy atom. The maximum atomic E-state index is 11.8. The lowest BCUT2D eigenvalue weighted by atomic mass is 10.1. The third kappa shape index (κ3) is 4.00. The van der Waals surface area contributed by atoms with Gasteiger partial charge in [-0.05, 0) is 12.8 Å². The molecule has 98 valence electrons. The summed E-state index contributed by atoms with van der Waals surface area (Å²) < 4.78 is 0. The minimum atomic E-state index is -0.299. The number of nitrogens with zero attached hydrogens (tertiary/aromatic N) is 2. The molecule has 5 heteroatoms. The van der Waals surface area contributed by atoms with E-state index in [9.17, 15) is 9.59 Å². The molecule has 0 spiro atoms. The number of carbonyl (C=O) groups excluding carboxylic acids is 2. The van der Waals surface area contributed by atoms with Gasteiger partial charge in [-0.2, -0.15) is 0 Å².